The second-order valence-corrected chi connectivity index (χ2v) is 5.47. The molecule has 2 N–H and O–H groups in total. The van der Waals surface area contributed by atoms with E-state index in [1.165, 1.54) is 22.3 Å². The molecule has 0 aliphatic carbocycles. The molecule has 4 nitrogen and oxygen atoms in total. The van der Waals surface area contributed by atoms with Crippen LogP contribution in [0.4, 0.5) is 0 Å². The summed E-state index contributed by atoms with van der Waals surface area (Å²) in [6.07, 6.45) is 0.947. The molecule has 21 heavy (non-hydrogen) atoms. The Morgan fingerprint density at radius 2 is 1.76 bits per heavy atom. The van der Waals surface area contributed by atoms with E-state index in [1.54, 1.807) is 0 Å². The second kappa shape index (κ2) is 8.58. The number of nitrogens with zero attached hydrogens (tertiary/aromatic N) is 2. The minimum atomic E-state index is 0. The predicted molar refractivity (Wildman–Crippen MR) is 98.7 cm³/mol. The van der Waals surface area contributed by atoms with E-state index < -0.39 is 0 Å². The summed E-state index contributed by atoms with van der Waals surface area (Å²) >= 11 is 0. The van der Waals surface area contributed by atoms with Crippen molar-refractivity contribution in [1.82, 2.24) is 4.90 Å². The molecule has 0 unspecified atom stereocenters. The lowest BCUT2D eigenvalue weighted by atomic mass is 9.97. The lowest BCUT2D eigenvalue weighted by Crippen LogP contribution is -2.44. The third kappa shape index (κ3) is 5.14. The maximum Gasteiger partial charge on any atom is 0.191 e. The van der Waals surface area contributed by atoms with Crippen LogP contribution in [-0.2, 0) is 11.2 Å². The first kappa shape index (κ1) is 18.2. The summed E-state index contributed by atoms with van der Waals surface area (Å²) in [6.45, 7) is 10.4. The second-order valence-electron chi connectivity index (χ2n) is 5.47. The highest BCUT2D eigenvalue weighted by Gasteiger charge is 2.12. The molecule has 1 aliphatic heterocycles. The van der Waals surface area contributed by atoms with Gasteiger partial charge in [-0.25, -0.2) is 0 Å². The van der Waals surface area contributed by atoms with E-state index in [2.05, 4.69) is 42.8 Å². The topological polar surface area (TPSA) is 50.8 Å². The van der Waals surface area contributed by atoms with Crippen LogP contribution in [0.5, 0.6) is 0 Å². The summed E-state index contributed by atoms with van der Waals surface area (Å²) in [4.78, 5) is 6.61. The van der Waals surface area contributed by atoms with Gasteiger partial charge in [-0.3, -0.25) is 4.99 Å². The fourth-order valence-corrected chi connectivity index (χ4v) is 2.78. The lowest BCUT2D eigenvalue weighted by molar-refractivity contribution is 0.0674. The number of rotatable bonds is 3. The monoisotopic (exact) mass is 403 g/mol. The molecule has 5 heteroatoms. The molecular weight excluding hydrogens is 377 g/mol. The van der Waals surface area contributed by atoms with Gasteiger partial charge in [-0.1, -0.05) is 17.7 Å². The molecule has 0 radical (unpaired) electrons. The molecular formula is C16H26IN3O. The van der Waals surface area contributed by atoms with Gasteiger partial charge in [-0.2, -0.15) is 0 Å². The van der Waals surface area contributed by atoms with Crippen molar-refractivity contribution in [3.8, 4) is 0 Å². The van der Waals surface area contributed by atoms with Crippen LogP contribution >= 0.6 is 24.0 Å². The van der Waals surface area contributed by atoms with Gasteiger partial charge in [0.15, 0.2) is 5.96 Å². The number of halogens is 1. The minimum absolute atomic E-state index is 0. The average Bonchev–Trinajstić information content (AvgIpc) is 2.42. The molecule has 0 amide bonds. The van der Waals surface area contributed by atoms with Gasteiger partial charge in [-0.05, 0) is 43.9 Å². The highest BCUT2D eigenvalue weighted by molar-refractivity contribution is 14.0. The number of aryl methyl sites for hydroxylation is 3. The maximum atomic E-state index is 6.03. The lowest BCUT2D eigenvalue weighted by Gasteiger charge is -2.27. The summed E-state index contributed by atoms with van der Waals surface area (Å²) in [6, 6.07) is 4.47. The molecule has 0 saturated carbocycles. The number of hydrogen-bond donors (Lipinski definition) is 1. The van der Waals surface area contributed by atoms with Crippen LogP contribution in [0.25, 0.3) is 0 Å². The van der Waals surface area contributed by atoms with Gasteiger partial charge in [0.1, 0.15) is 0 Å². The van der Waals surface area contributed by atoms with Crippen molar-refractivity contribution < 1.29 is 4.74 Å². The molecule has 1 aromatic carbocycles. The van der Waals surface area contributed by atoms with Crippen molar-refractivity contribution >= 4 is 29.9 Å². The molecule has 0 spiro atoms. The Labute approximate surface area is 144 Å². The number of hydrogen-bond acceptors (Lipinski definition) is 2. The first-order valence-electron chi connectivity index (χ1n) is 7.27. The maximum absolute atomic E-state index is 6.03. The van der Waals surface area contributed by atoms with Crippen molar-refractivity contribution in [3.63, 3.8) is 0 Å². The highest BCUT2D eigenvalue weighted by Crippen LogP contribution is 2.16. The molecule has 1 aromatic rings. The van der Waals surface area contributed by atoms with E-state index in [1.807, 2.05) is 0 Å². The smallest absolute Gasteiger partial charge is 0.191 e. The van der Waals surface area contributed by atoms with Crippen LogP contribution in [0, 0.1) is 20.8 Å². The summed E-state index contributed by atoms with van der Waals surface area (Å²) in [5.74, 6) is 0.649. The predicted octanol–water partition coefficient (Wildman–Crippen LogP) is 2.42. The Morgan fingerprint density at radius 3 is 2.33 bits per heavy atom. The Kier molecular flexibility index (Phi) is 7.45. The molecule has 1 aliphatic rings. The number of aliphatic imine (C=N–C) groups is 1. The Balaban J connectivity index is 0.00000220. The van der Waals surface area contributed by atoms with Crippen LogP contribution in [-0.4, -0.2) is 43.7 Å². The largest absolute Gasteiger partial charge is 0.378 e. The summed E-state index contributed by atoms with van der Waals surface area (Å²) in [5, 5.41) is 0. The van der Waals surface area contributed by atoms with Gasteiger partial charge >= 0.3 is 0 Å². The number of guanidine groups is 1. The van der Waals surface area contributed by atoms with E-state index >= 15 is 0 Å². The van der Waals surface area contributed by atoms with Crippen molar-refractivity contribution in [1.29, 1.82) is 0 Å². The van der Waals surface area contributed by atoms with Gasteiger partial charge in [0.05, 0.1) is 13.2 Å². The average molecular weight is 403 g/mol. The molecule has 2 rings (SSSR count). The van der Waals surface area contributed by atoms with E-state index in [9.17, 15) is 0 Å². The van der Waals surface area contributed by atoms with Crippen LogP contribution < -0.4 is 5.73 Å². The van der Waals surface area contributed by atoms with Gasteiger partial charge in [-0.15, -0.1) is 24.0 Å². The first-order chi connectivity index (χ1) is 9.58. The zero-order valence-corrected chi connectivity index (χ0v) is 15.5. The van der Waals surface area contributed by atoms with Crippen LogP contribution in [0.1, 0.15) is 22.3 Å². The normalized spacial score (nSPS) is 15.8. The first-order valence-corrected chi connectivity index (χ1v) is 7.27. The third-order valence-corrected chi connectivity index (χ3v) is 3.81. The third-order valence-electron chi connectivity index (χ3n) is 3.81. The van der Waals surface area contributed by atoms with E-state index in [4.69, 9.17) is 10.5 Å². The standard InChI is InChI=1S/C16H25N3O.HI/c1-12-10-13(2)15(14(3)11-12)4-5-18-16(17)19-6-8-20-9-7-19;/h10-11H,4-9H2,1-3H3,(H2,17,18);1H. The number of nitrogens with two attached hydrogens (primary N) is 1. The highest BCUT2D eigenvalue weighted by atomic mass is 127. The van der Waals surface area contributed by atoms with Crippen molar-refractivity contribution in [3.05, 3.63) is 34.4 Å². The molecule has 1 fully saturated rings. The Bertz CT molecular complexity index is 473. The van der Waals surface area contributed by atoms with Gasteiger partial charge in [0.2, 0.25) is 0 Å². The zero-order valence-electron chi connectivity index (χ0n) is 13.2. The van der Waals surface area contributed by atoms with E-state index in [0.29, 0.717) is 5.96 Å². The number of morpholine rings is 1. The van der Waals surface area contributed by atoms with Crippen molar-refractivity contribution in [2.75, 3.05) is 32.8 Å². The van der Waals surface area contributed by atoms with Gasteiger partial charge < -0.3 is 15.4 Å². The number of benzene rings is 1. The van der Waals surface area contributed by atoms with Crippen LogP contribution in [0.3, 0.4) is 0 Å². The molecule has 0 bridgehead atoms. The van der Waals surface area contributed by atoms with E-state index in [-0.39, 0.29) is 24.0 Å². The summed E-state index contributed by atoms with van der Waals surface area (Å²) < 4.78 is 5.31. The summed E-state index contributed by atoms with van der Waals surface area (Å²) in [7, 11) is 0. The molecule has 1 heterocycles. The van der Waals surface area contributed by atoms with Crippen molar-refractivity contribution in [2.45, 2.75) is 27.2 Å². The summed E-state index contributed by atoms with van der Waals surface area (Å²) in [5.41, 5.74) is 11.4. The fourth-order valence-electron chi connectivity index (χ4n) is 2.78. The molecule has 0 aromatic heterocycles. The SMILES string of the molecule is Cc1cc(C)c(CCN=C(N)N2CCOCC2)c(C)c1.I. The minimum Gasteiger partial charge on any atom is -0.378 e. The van der Waals surface area contributed by atoms with E-state index in [0.717, 1.165) is 39.3 Å². The number of ether oxygens (including phenoxy) is 1. The Hall–Kier alpha value is -0.820. The van der Waals surface area contributed by atoms with Crippen LogP contribution in [0.15, 0.2) is 17.1 Å². The Morgan fingerprint density at radius 1 is 1.19 bits per heavy atom. The van der Waals surface area contributed by atoms with Crippen molar-refractivity contribution in [2.24, 2.45) is 10.7 Å². The molecule has 1 saturated heterocycles. The molecule has 118 valence electrons. The van der Waals surface area contributed by atoms with Gasteiger partial charge in [0, 0.05) is 19.6 Å². The quantitative estimate of drug-likeness (QED) is 0.479. The fraction of sp³-hybridized carbons (Fsp3) is 0.562. The zero-order chi connectivity index (χ0) is 14.5. The van der Waals surface area contributed by atoms with Gasteiger partial charge in [0.25, 0.3) is 0 Å². The molecule has 0 atom stereocenters. The van der Waals surface area contributed by atoms with Crippen LogP contribution in [0.2, 0.25) is 0 Å².